The van der Waals surface area contributed by atoms with Gasteiger partial charge in [-0.3, -0.25) is 0 Å². The molecule has 0 aliphatic heterocycles. The minimum atomic E-state index is -2.55. The maximum atomic E-state index is 2.76. The second kappa shape index (κ2) is 13.1. The van der Waals surface area contributed by atoms with Crippen LogP contribution in [0, 0.1) is 11.3 Å². The van der Waals surface area contributed by atoms with Crippen LogP contribution in [-0.2, 0) is 38.5 Å². The van der Waals surface area contributed by atoms with Gasteiger partial charge in [-0.15, -0.1) is 0 Å². The monoisotopic (exact) mass is 690 g/mol. The van der Waals surface area contributed by atoms with E-state index in [1.807, 2.05) is 0 Å². The van der Waals surface area contributed by atoms with Gasteiger partial charge >= 0.3 is 260 Å². The number of benzene rings is 3. The Hall–Kier alpha value is -1.53. The Morgan fingerprint density at radius 2 is 1.35 bits per heavy atom. The molecule has 3 heteroatoms. The van der Waals surface area contributed by atoms with E-state index in [1.165, 1.54) is 33.4 Å². The molecule has 1 unspecified atom stereocenters. The molecule has 0 saturated carbocycles. The number of hydrogen-bond acceptors (Lipinski definition) is 0. The van der Waals surface area contributed by atoms with Crippen molar-refractivity contribution in [3.05, 3.63) is 109 Å². The van der Waals surface area contributed by atoms with Crippen molar-refractivity contribution in [1.82, 2.24) is 0 Å². The van der Waals surface area contributed by atoms with Gasteiger partial charge < -0.3 is 24.8 Å². The maximum absolute atomic E-state index is 2.76. The summed E-state index contributed by atoms with van der Waals surface area (Å²) in [6.07, 6.45) is 4.79. The Kier molecular flexibility index (Phi) is 10.9. The van der Waals surface area contributed by atoms with Crippen LogP contribution in [0.4, 0.5) is 0 Å². The van der Waals surface area contributed by atoms with Gasteiger partial charge in [0.2, 0.25) is 0 Å². The molecule has 0 N–H and O–H groups in total. The van der Waals surface area contributed by atoms with Gasteiger partial charge in [0, 0.05) is 0 Å². The van der Waals surface area contributed by atoms with E-state index in [0.29, 0.717) is 5.92 Å². The van der Waals surface area contributed by atoms with Crippen molar-refractivity contribution in [2.75, 3.05) is 0 Å². The molecule has 0 saturated heterocycles. The standard InChI is InChI=1S/C21H25.C12H19.C7H6.2ClH.Zr/c1-20(2,3)16-9-7-14-11-15-8-10-17(21(4,5)6)13-19(15)18(14)12-16;1-6-10-7-9(2)8-11(10)12(3,4)5;1-7-5-3-2-4-6-7;;;/h7,9-10,12-13H,11H2,1-6H3;8-9H,6H2,1-5H3;1-6H;2*1H;/q;;;;;+2/p-2. The van der Waals surface area contributed by atoms with Crippen molar-refractivity contribution in [3.63, 3.8) is 0 Å². The van der Waals surface area contributed by atoms with E-state index in [2.05, 4.69) is 147 Å². The molecule has 5 rings (SSSR count). The SMILES string of the molecule is CCC1=[C](/[Zr+2](=[CH]/c2ccccc2)[c]2cc(C(C)(C)C)cc3c2Cc2ccc(C(C)(C)C)cc2-3)C(C)C=C1C(C)(C)C.[Cl-].[Cl-]. The van der Waals surface area contributed by atoms with Gasteiger partial charge in [0.1, 0.15) is 0 Å². The van der Waals surface area contributed by atoms with Gasteiger partial charge in [-0.05, 0) is 0 Å². The summed E-state index contributed by atoms with van der Waals surface area (Å²) in [6.45, 7) is 26.2. The second-order valence-electron chi connectivity index (χ2n) is 15.4. The molecule has 0 bridgehead atoms. The third-order valence-electron chi connectivity index (χ3n) is 9.12. The molecule has 2 aliphatic rings. The van der Waals surface area contributed by atoms with Crippen LogP contribution in [0.3, 0.4) is 0 Å². The van der Waals surface area contributed by atoms with Crippen LogP contribution in [0.15, 0.2) is 81.2 Å². The molecule has 2 aliphatic carbocycles. The molecule has 0 amide bonds. The molecule has 1 atom stereocenters. The minimum Gasteiger partial charge on any atom is -1.00 e. The van der Waals surface area contributed by atoms with Gasteiger partial charge in [-0.2, -0.15) is 0 Å². The number of fused-ring (bicyclic) bond motifs is 3. The average Bonchev–Trinajstić information content (AvgIpc) is 3.43. The number of allylic oxidation sites excluding steroid dienone is 4. The molecule has 0 fully saturated rings. The molecule has 0 nitrogen and oxygen atoms in total. The number of halogens is 2. The summed E-state index contributed by atoms with van der Waals surface area (Å²) < 4.78 is 6.25. The summed E-state index contributed by atoms with van der Waals surface area (Å²) in [5, 5.41) is 0. The topological polar surface area (TPSA) is 0 Å². The molecule has 3 aromatic rings. The van der Waals surface area contributed by atoms with Crippen LogP contribution >= 0.6 is 0 Å². The quantitative estimate of drug-likeness (QED) is 0.301. The number of rotatable bonds is 4. The zero-order chi connectivity index (χ0) is 29.9. The van der Waals surface area contributed by atoms with Crippen LogP contribution in [-0.4, -0.2) is 3.71 Å². The summed E-state index contributed by atoms with van der Waals surface area (Å²) in [4.78, 5) is 0. The molecule has 3 aromatic carbocycles. The van der Waals surface area contributed by atoms with Crippen molar-refractivity contribution in [2.45, 2.75) is 99.8 Å². The fourth-order valence-electron chi connectivity index (χ4n) is 6.78. The van der Waals surface area contributed by atoms with Crippen LogP contribution in [0.25, 0.3) is 11.1 Å². The molecule has 228 valence electrons. The molecule has 0 heterocycles. The first kappa shape index (κ1) is 35.9. The average molecular weight is 693 g/mol. The van der Waals surface area contributed by atoms with E-state index >= 15 is 0 Å². The normalized spacial score (nSPS) is 16.3. The zero-order valence-corrected chi connectivity index (χ0v) is 32.1. The summed E-state index contributed by atoms with van der Waals surface area (Å²) in [7, 11) is 0. The Morgan fingerprint density at radius 1 is 0.744 bits per heavy atom. The second-order valence-corrected chi connectivity index (χ2v) is 20.8. The predicted octanol–water partition coefficient (Wildman–Crippen LogP) is 4.24. The minimum absolute atomic E-state index is 0. The smallest absolute Gasteiger partial charge is 1.00 e. The van der Waals surface area contributed by atoms with Gasteiger partial charge in [0.25, 0.3) is 0 Å². The number of hydrogen-bond donors (Lipinski definition) is 0. The molecule has 43 heavy (non-hydrogen) atoms. The Morgan fingerprint density at radius 3 is 1.91 bits per heavy atom. The first-order chi connectivity index (χ1) is 19.1. The van der Waals surface area contributed by atoms with Crippen molar-refractivity contribution in [2.24, 2.45) is 11.3 Å². The van der Waals surface area contributed by atoms with Gasteiger partial charge in [-0.1, -0.05) is 0 Å². The summed E-state index contributed by atoms with van der Waals surface area (Å²) in [6, 6.07) is 23.7. The third kappa shape index (κ3) is 7.16. The summed E-state index contributed by atoms with van der Waals surface area (Å²) in [5.41, 5.74) is 14.0. The van der Waals surface area contributed by atoms with Crippen LogP contribution in [0.5, 0.6) is 0 Å². The maximum Gasteiger partial charge on any atom is -1.00 e. The van der Waals surface area contributed by atoms with Crippen LogP contribution in [0.2, 0.25) is 0 Å². The Labute approximate surface area is 282 Å². The molecular formula is C40H50Cl2Zr. The first-order valence-electron chi connectivity index (χ1n) is 15.6. The Bertz CT molecular complexity index is 1580. The van der Waals surface area contributed by atoms with E-state index in [4.69, 9.17) is 0 Å². The van der Waals surface area contributed by atoms with E-state index in [0.717, 1.165) is 12.8 Å². The molecular weight excluding hydrogens is 643 g/mol. The van der Waals surface area contributed by atoms with Crippen molar-refractivity contribution in [3.8, 4) is 11.1 Å². The van der Waals surface area contributed by atoms with E-state index in [9.17, 15) is 0 Å². The fraction of sp³-hybridized carbons (Fsp3) is 0.425. The van der Waals surface area contributed by atoms with Gasteiger partial charge in [-0.25, -0.2) is 0 Å². The molecule has 0 radical (unpaired) electrons. The Balaban J connectivity index is 0.00000253. The van der Waals surface area contributed by atoms with E-state index in [1.54, 1.807) is 23.3 Å². The predicted molar refractivity (Wildman–Crippen MR) is 177 cm³/mol. The fourth-order valence-corrected chi connectivity index (χ4v) is 14.6. The van der Waals surface area contributed by atoms with Crippen molar-refractivity contribution < 1.29 is 46.1 Å². The largest absolute Gasteiger partial charge is 1.00 e. The first-order valence-corrected chi connectivity index (χ1v) is 19.5. The van der Waals surface area contributed by atoms with E-state index < -0.39 is 21.3 Å². The molecule has 0 spiro atoms. The summed E-state index contributed by atoms with van der Waals surface area (Å²) in [5.74, 6) is 0.499. The third-order valence-corrected chi connectivity index (χ3v) is 16.5. The zero-order valence-electron chi connectivity index (χ0n) is 28.2. The van der Waals surface area contributed by atoms with Gasteiger partial charge in [0.15, 0.2) is 0 Å². The van der Waals surface area contributed by atoms with Crippen LogP contribution in [0.1, 0.15) is 110 Å². The van der Waals surface area contributed by atoms with Crippen LogP contribution < -0.4 is 28.1 Å². The summed E-state index contributed by atoms with van der Waals surface area (Å²) >= 11 is -2.55. The van der Waals surface area contributed by atoms with Crippen molar-refractivity contribution >= 4 is 6.98 Å². The van der Waals surface area contributed by atoms with Crippen molar-refractivity contribution in [1.29, 1.82) is 0 Å². The van der Waals surface area contributed by atoms with Gasteiger partial charge in [0.05, 0.1) is 0 Å². The van der Waals surface area contributed by atoms with E-state index in [-0.39, 0.29) is 41.1 Å². The molecule has 0 aromatic heterocycles.